The highest BCUT2D eigenvalue weighted by Crippen LogP contribution is 2.39. The lowest BCUT2D eigenvalue weighted by Crippen LogP contribution is -2.30. The van der Waals surface area contributed by atoms with Crippen LogP contribution in [0.2, 0.25) is 5.02 Å². The molecule has 1 amide bonds. The molecule has 1 aliphatic rings. The van der Waals surface area contributed by atoms with Crippen LogP contribution in [0.1, 0.15) is 72.8 Å². The molecule has 1 unspecified atom stereocenters. The van der Waals surface area contributed by atoms with Crippen LogP contribution >= 0.6 is 11.6 Å². The second-order valence-corrected chi connectivity index (χ2v) is 8.71. The molecular weight excluding hydrogens is 426 g/mol. The average molecular weight is 454 g/mol. The lowest BCUT2D eigenvalue weighted by Gasteiger charge is -2.25. The van der Waals surface area contributed by atoms with Gasteiger partial charge in [-0.15, -0.1) is 0 Å². The number of amides is 1. The first-order chi connectivity index (χ1) is 15.5. The van der Waals surface area contributed by atoms with Crippen molar-refractivity contribution in [3.63, 3.8) is 0 Å². The van der Waals surface area contributed by atoms with E-state index < -0.39 is 6.04 Å². The van der Waals surface area contributed by atoms with Crippen molar-refractivity contribution in [2.45, 2.75) is 52.5 Å². The molecule has 0 spiro atoms. The van der Waals surface area contributed by atoms with E-state index in [-0.39, 0.29) is 17.1 Å². The van der Waals surface area contributed by atoms with Crippen molar-refractivity contribution in [3.05, 3.63) is 74.1 Å². The second-order valence-electron chi connectivity index (χ2n) is 8.30. The van der Waals surface area contributed by atoms with Crippen LogP contribution in [-0.2, 0) is 0 Å². The number of hydrogen-bond acceptors (Lipinski definition) is 4. The number of halogens is 1. The van der Waals surface area contributed by atoms with Gasteiger partial charge in [-0.25, -0.2) is 0 Å². The highest BCUT2D eigenvalue weighted by Gasteiger charge is 2.42. The molecule has 1 aliphatic heterocycles. The fraction of sp³-hybridized carbons (Fsp3) is 0.385. The molecule has 2 aromatic carbocycles. The Kier molecular flexibility index (Phi) is 6.56. The van der Waals surface area contributed by atoms with Crippen LogP contribution in [0.25, 0.3) is 11.0 Å². The van der Waals surface area contributed by atoms with Crippen molar-refractivity contribution < 1.29 is 13.9 Å². The second kappa shape index (κ2) is 9.37. The number of ether oxygens (including phenoxy) is 1. The van der Waals surface area contributed by atoms with E-state index in [1.165, 1.54) is 0 Å². The van der Waals surface area contributed by atoms with E-state index in [1.807, 2.05) is 38.1 Å². The fourth-order valence-electron chi connectivity index (χ4n) is 4.28. The molecule has 0 fully saturated rings. The lowest BCUT2D eigenvalue weighted by molar-refractivity contribution is 0.0728. The minimum absolute atomic E-state index is 0.122. The summed E-state index contributed by atoms with van der Waals surface area (Å²) in [6.07, 6.45) is 4.00. The highest BCUT2D eigenvalue weighted by atomic mass is 35.5. The Bertz CT molecular complexity index is 1220. The number of benzene rings is 2. The first kappa shape index (κ1) is 22.4. The zero-order chi connectivity index (χ0) is 22.8. The standard InChI is InChI=1S/C26H28ClNO4/c1-4-6-7-12-31-18-10-8-9-17(14-18)23-22-24(29)19-15-20(27)16(3)13-21(19)32-25(22)26(30)28(23)11-5-2/h8-10,13-15,23H,4-7,11-12H2,1-3H3. The Morgan fingerprint density at radius 2 is 1.91 bits per heavy atom. The zero-order valence-electron chi connectivity index (χ0n) is 18.7. The number of carbonyl (C=O) groups is 1. The summed E-state index contributed by atoms with van der Waals surface area (Å²) >= 11 is 6.29. The largest absolute Gasteiger partial charge is 0.494 e. The number of fused-ring (bicyclic) bond motifs is 2. The van der Waals surface area contributed by atoms with Gasteiger partial charge in [0.05, 0.1) is 23.6 Å². The van der Waals surface area contributed by atoms with Crippen molar-refractivity contribution in [3.8, 4) is 5.75 Å². The molecule has 5 nitrogen and oxygen atoms in total. The molecule has 0 saturated heterocycles. The maximum absolute atomic E-state index is 13.6. The molecule has 1 aromatic heterocycles. The molecule has 1 atom stereocenters. The Labute approximate surface area is 192 Å². The molecule has 2 heterocycles. The Morgan fingerprint density at radius 3 is 2.66 bits per heavy atom. The summed E-state index contributed by atoms with van der Waals surface area (Å²) in [6, 6.07) is 10.5. The van der Waals surface area contributed by atoms with Crippen molar-refractivity contribution in [2.75, 3.05) is 13.2 Å². The highest BCUT2D eigenvalue weighted by molar-refractivity contribution is 6.32. The van der Waals surface area contributed by atoms with Crippen LogP contribution in [0.3, 0.4) is 0 Å². The van der Waals surface area contributed by atoms with Gasteiger partial charge < -0.3 is 14.1 Å². The third-order valence-corrected chi connectivity index (χ3v) is 6.31. The SMILES string of the molecule is CCCCCOc1cccc(C2c3c(oc4cc(C)c(Cl)cc4c3=O)C(=O)N2CCC)c1. The Balaban J connectivity index is 1.82. The minimum atomic E-state index is -0.516. The van der Waals surface area contributed by atoms with Crippen molar-refractivity contribution in [1.29, 1.82) is 0 Å². The van der Waals surface area contributed by atoms with Gasteiger partial charge >= 0.3 is 0 Å². The number of nitrogens with zero attached hydrogens (tertiary/aromatic N) is 1. The third kappa shape index (κ3) is 4.02. The van der Waals surface area contributed by atoms with Gasteiger partial charge in [-0.3, -0.25) is 9.59 Å². The van der Waals surface area contributed by atoms with Gasteiger partial charge in [0.1, 0.15) is 11.3 Å². The maximum Gasteiger partial charge on any atom is 0.290 e. The van der Waals surface area contributed by atoms with E-state index in [0.29, 0.717) is 34.7 Å². The van der Waals surface area contributed by atoms with Gasteiger partial charge in [0.15, 0.2) is 5.43 Å². The molecule has 168 valence electrons. The summed E-state index contributed by atoms with van der Waals surface area (Å²) in [6.45, 7) is 7.16. The number of carbonyl (C=O) groups excluding carboxylic acids is 1. The number of unbranched alkanes of at least 4 members (excludes halogenated alkanes) is 2. The average Bonchev–Trinajstić information content (AvgIpc) is 3.05. The van der Waals surface area contributed by atoms with Crippen LogP contribution in [0, 0.1) is 6.92 Å². The molecule has 0 radical (unpaired) electrons. The monoisotopic (exact) mass is 453 g/mol. The van der Waals surface area contributed by atoms with Gasteiger partial charge in [-0.2, -0.15) is 0 Å². The molecule has 0 N–H and O–H groups in total. The summed E-state index contributed by atoms with van der Waals surface area (Å²) in [7, 11) is 0. The smallest absolute Gasteiger partial charge is 0.290 e. The summed E-state index contributed by atoms with van der Waals surface area (Å²) in [5.74, 6) is 0.601. The van der Waals surface area contributed by atoms with Crippen molar-refractivity contribution >= 4 is 28.5 Å². The molecule has 0 bridgehead atoms. The maximum atomic E-state index is 13.6. The quantitative estimate of drug-likeness (QED) is 0.376. The predicted molar refractivity (Wildman–Crippen MR) is 127 cm³/mol. The van der Waals surface area contributed by atoms with Gasteiger partial charge in [0.2, 0.25) is 5.76 Å². The number of rotatable bonds is 8. The van der Waals surface area contributed by atoms with Crippen LogP contribution < -0.4 is 10.2 Å². The molecule has 0 saturated carbocycles. The van der Waals surface area contributed by atoms with Gasteiger partial charge in [0.25, 0.3) is 5.91 Å². The van der Waals surface area contributed by atoms with Crippen LogP contribution in [0.15, 0.2) is 45.6 Å². The number of aryl methyl sites for hydroxylation is 1. The first-order valence-corrected chi connectivity index (χ1v) is 11.6. The molecule has 32 heavy (non-hydrogen) atoms. The lowest BCUT2D eigenvalue weighted by atomic mass is 9.98. The zero-order valence-corrected chi connectivity index (χ0v) is 19.5. The third-order valence-electron chi connectivity index (χ3n) is 5.90. The predicted octanol–water partition coefficient (Wildman–Crippen LogP) is 6.28. The van der Waals surface area contributed by atoms with E-state index in [0.717, 1.165) is 42.6 Å². The topological polar surface area (TPSA) is 59.8 Å². The van der Waals surface area contributed by atoms with E-state index in [1.54, 1.807) is 17.0 Å². The minimum Gasteiger partial charge on any atom is -0.494 e. The van der Waals surface area contributed by atoms with E-state index in [4.69, 9.17) is 20.8 Å². The fourth-order valence-corrected chi connectivity index (χ4v) is 4.44. The van der Waals surface area contributed by atoms with Gasteiger partial charge in [-0.05, 0) is 55.2 Å². The molecular formula is C26H28ClNO4. The van der Waals surface area contributed by atoms with E-state index >= 15 is 0 Å². The Morgan fingerprint density at radius 1 is 1.09 bits per heavy atom. The van der Waals surface area contributed by atoms with Crippen LogP contribution in [0.4, 0.5) is 0 Å². The molecule has 3 aromatic rings. The molecule has 6 heteroatoms. The van der Waals surface area contributed by atoms with Crippen LogP contribution in [-0.4, -0.2) is 24.0 Å². The normalized spacial score (nSPS) is 15.4. The molecule has 0 aliphatic carbocycles. The first-order valence-electron chi connectivity index (χ1n) is 11.3. The summed E-state index contributed by atoms with van der Waals surface area (Å²) in [5.41, 5.74) is 2.17. The van der Waals surface area contributed by atoms with Crippen molar-refractivity contribution in [2.24, 2.45) is 0 Å². The molecule has 4 rings (SSSR count). The van der Waals surface area contributed by atoms with E-state index in [2.05, 4.69) is 6.92 Å². The van der Waals surface area contributed by atoms with E-state index in [9.17, 15) is 9.59 Å². The van der Waals surface area contributed by atoms with Gasteiger partial charge in [-0.1, -0.05) is 50.4 Å². The number of hydrogen-bond donors (Lipinski definition) is 0. The summed E-state index contributed by atoms with van der Waals surface area (Å²) < 4.78 is 11.9. The summed E-state index contributed by atoms with van der Waals surface area (Å²) in [5, 5.41) is 0.890. The summed E-state index contributed by atoms with van der Waals surface area (Å²) in [4.78, 5) is 28.6. The Hall–Kier alpha value is -2.79. The van der Waals surface area contributed by atoms with Gasteiger partial charge in [0, 0.05) is 11.6 Å². The van der Waals surface area contributed by atoms with Crippen molar-refractivity contribution in [1.82, 2.24) is 4.90 Å². The van der Waals surface area contributed by atoms with Crippen LogP contribution in [0.5, 0.6) is 5.75 Å².